The predicted octanol–water partition coefficient (Wildman–Crippen LogP) is 3.87. The molecule has 0 radical (unpaired) electrons. The summed E-state index contributed by atoms with van der Waals surface area (Å²) in [6.07, 6.45) is 0. The number of nitrogens with one attached hydrogen (secondary N) is 1. The molecule has 0 spiro atoms. The zero-order valence-corrected chi connectivity index (χ0v) is 13.6. The van der Waals surface area contributed by atoms with Crippen molar-refractivity contribution in [3.63, 3.8) is 0 Å². The molecule has 0 unspecified atom stereocenters. The van der Waals surface area contributed by atoms with E-state index in [4.69, 9.17) is 4.98 Å². The van der Waals surface area contributed by atoms with Crippen LogP contribution >= 0.6 is 0 Å². The van der Waals surface area contributed by atoms with Crippen molar-refractivity contribution in [2.24, 2.45) is 0 Å². The first-order valence-electron chi connectivity index (χ1n) is 7.94. The third kappa shape index (κ3) is 1.91. The molecular weight excluding hydrogens is 286 g/mol. The van der Waals surface area contributed by atoms with E-state index in [0.29, 0.717) is 6.54 Å². The van der Waals surface area contributed by atoms with Crippen molar-refractivity contribution in [2.75, 3.05) is 11.4 Å². The van der Waals surface area contributed by atoms with Gasteiger partial charge in [0.2, 0.25) is 5.91 Å². The van der Waals surface area contributed by atoms with Crippen LogP contribution in [0.3, 0.4) is 0 Å². The van der Waals surface area contributed by atoms with Gasteiger partial charge in [-0.2, -0.15) is 0 Å². The van der Waals surface area contributed by atoms with Gasteiger partial charge in [-0.3, -0.25) is 4.79 Å². The number of amides is 1. The van der Waals surface area contributed by atoms with Crippen molar-refractivity contribution in [1.29, 1.82) is 0 Å². The number of hydrogen-bond donors (Lipinski definition) is 1. The van der Waals surface area contributed by atoms with Crippen LogP contribution in [0.5, 0.6) is 0 Å². The number of carbonyl (C=O) groups excluding carboxylic acids is 1. The number of rotatable bonds is 2. The van der Waals surface area contributed by atoms with Gasteiger partial charge in [0.05, 0.1) is 22.1 Å². The number of benzene rings is 2. The van der Waals surface area contributed by atoms with Gasteiger partial charge in [-0.05, 0) is 38.5 Å². The van der Waals surface area contributed by atoms with Crippen LogP contribution in [0.1, 0.15) is 26.3 Å². The lowest BCUT2D eigenvalue weighted by Crippen LogP contribution is -2.35. The SMILES string of the molecule is CCN1C(=O)C(C)(C)c2cc3[nH]c(-c4ccccc4)nc3cc21. The molecule has 1 aliphatic heterocycles. The maximum absolute atomic E-state index is 12.6. The summed E-state index contributed by atoms with van der Waals surface area (Å²) in [5, 5.41) is 0. The van der Waals surface area contributed by atoms with Crippen LogP contribution in [-0.2, 0) is 10.2 Å². The summed E-state index contributed by atoms with van der Waals surface area (Å²) in [6, 6.07) is 14.2. The minimum absolute atomic E-state index is 0.158. The molecule has 1 amide bonds. The molecule has 116 valence electrons. The van der Waals surface area contributed by atoms with Crippen molar-refractivity contribution >= 4 is 22.6 Å². The van der Waals surface area contributed by atoms with Crippen molar-refractivity contribution in [3.8, 4) is 11.4 Å². The second-order valence-corrected chi connectivity index (χ2v) is 6.51. The fraction of sp³-hybridized carbons (Fsp3) is 0.263. The van der Waals surface area contributed by atoms with Crippen LogP contribution in [0.15, 0.2) is 42.5 Å². The van der Waals surface area contributed by atoms with E-state index >= 15 is 0 Å². The average Bonchev–Trinajstić information content (AvgIpc) is 3.05. The standard InChI is InChI=1S/C19H19N3O/c1-4-22-16-11-15-14(10-13(16)19(2,3)18(22)23)20-17(21-15)12-8-6-5-7-9-12/h5-11H,4H2,1-3H3,(H,20,21). The first-order chi connectivity index (χ1) is 11.0. The van der Waals surface area contributed by atoms with Crippen molar-refractivity contribution < 1.29 is 4.79 Å². The summed E-state index contributed by atoms with van der Waals surface area (Å²) < 4.78 is 0. The lowest BCUT2D eigenvalue weighted by Gasteiger charge is -2.18. The largest absolute Gasteiger partial charge is 0.338 e. The number of nitrogens with zero attached hydrogens (tertiary/aromatic N) is 2. The Kier molecular flexibility index (Phi) is 2.85. The highest BCUT2D eigenvalue weighted by molar-refractivity contribution is 6.09. The molecule has 0 saturated carbocycles. The number of hydrogen-bond acceptors (Lipinski definition) is 2. The summed E-state index contributed by atoms with van der Waals surface area (Å²) in [5.74, 6) is 1.02. The Labute approximate surface area is 135 Å². The summed E-state index contributed by atoms with van der Waals surface area (Å²) in [6.45, 7) is 6.66. The second-order valence-electron chi connectivity index (χ2n) is 6.51. The maximum atomic E-state index is 12.6. The highest BCUT2D eigenvalue weighted by atomic mass is 16.2. The van der Waals surface area contributed by atoms with Gasteiger partial charge in [-0.25, -0.2) is 4.98 Å². The molecule has 4 rings (SSSR count). The Hall–Kier alpha value is -2.62. The summed E-state index contributed by atoms with van der Waals surface area (Å²) in [7, 11) is 0. The van der Waals surface area contributed by atoms with Gasteiger partial charge in [0.1, 0.15) is 5.82 Å². The van der Waals surface area contributed by atoms with Gasteiger partial charge in [0.25, 0.3) is 0 Å². The van der Waals surface area contributed by atoms with Gasteiger partial charge >= 0.3 is 0 Å². The summed E-state index contributed by atoms with van der Waals surface area (Å²) in [5.41, 5.74) is 4.50. The van der Waals surface area contributed by atoms with Crippen LogP contribution < -0.4 is 4.90 Å². The Bertz CT molecular complexity index is 909. The minimum atomic E-state index is -0.489. The van der Waals surface area contributed by atoms with Gasteiger partial charge in [0.15, 0.2) is 0 Å². The number of fused-ring (bicyclic) bond motifs is 2. The quantitative estimate of drug-likeness (QED) is 0.781. The number of likely N-dealkylation sites (N-methyl/N-ethyl adjacent to an activating group) is 1. The fourth-order valence-corrected chi connectivity index (χ4v) is 3.38. The number of aromatic nitrogens is 2. The molecule has 2 aromatic carbocycles. The zero-order chi connectivity index (χ0) is 16.2. The molecule has 3 aromatic rings. The summed E-state index contributed by atoms with van der Waals surface area (Å²) >= 11 is 0. The van der Waals surface area contributed by atoms with E-state index in [9.17, 15) is 4.79 Å². The molecule has 1 aliphatic rings. The van der Waals surface area contributed by atoms with E-state index in [1.807, 2.05) is 62.1 Å². The predicted molar refractivity (Wildman–Crippen MR) is 92.6 cm³/mol. The van der Waals surface area contributed by atoms with E-state index in [-0.39, 0.29) is 5.91 Å². The number of anilines is 1. The fourth-order valence-electron chi connectivity index (χ4n) is 3.38. The molecule has 1 N–H and O–H groups in total. The van der Waals surface area contributed by atoms with Gasteiger partial charge < -0.3 is 9.88 Å². The smallest absolute Gasteiger partial charge is 0.237 e. The molecule has 4 heteroatoms. The number of aromatic amines is 1. The number of imidazole rings is 1. The average molecular weight is 305 g/mol. The van der Waals surface area contributed by atoms with Crippen molar-refractivity contribution in [3.05, 3.63) is 48.0 Å². The summed E-state index contributed by atoms with van der Waals surface area (Å²) in [4.78, 5) is 22.5. The molecular formula is C19H19N3O. The van der Waals surface area contributed by atoms with Crippen molar-refractivity contribution in [2.45, 2.75) is 26.2 Å². The molecule has 0 bridgehead atoms. The lowest BCUT2D eigenvalue weighted by molar-refractivity contribution is -0.122. The van der Waals surface area contributed by atoms with Crippen molar-refractivity contribution in [1.82, 2.24) is 9.97 Å². The molecule has 4 nitrogen and oxygen atoms in total. The monoisotopic (exact) mass is 305 g/mol. The van der Waals surface area contributed by atoms with E-state index in [1.165, 1.54) is 0 Å². The van der Waals surface area contributed by atoms with Gasteiger partial charge in [-0.1, -0.05) is 30.3 Å². The number of carbonyl (C=O) groups is 1. The molecule has 0 saturated heterocycles. The van der Waals surface area contributed by atoms with E-state index in [1.54, 1.807) is 0 Å². The Balaban J connectivity index is 1.92. The van der Waals surface area contributed by atoms with Crippen LogP contribution in [0, 0.1) is 0 Å². The normalized spacial score (nSPS) is 16.1. The van der Waals surface area contributed by atoms with Gasteiger partial charge in [-0.15, -0.1) is 0 Å². The highest BCUT2D eigenvalue weighted by Crippen LogP contribution is 2.43. The molecule has 23 heavy (non-hydrogen) atoms. The molecule has 0 aliphatic carbocycles. The third-order valence-corrected chi connectivity index (χ3v) is 4.71. The van der Waals surface area contributed by atoms with E-state index in [0.717, 1.165) is 33.7 Å². The van der Waals surface area contributed by atoms with E-state index < -0.39 is 5.41 Å². The van der Waals surface area contributed by atoms with Crippen LogP contribution in [-0.4, -0.2) is 22.4 Å². The molecule has 0 fully saturated rings. The third-order valence-electron chi connectivity index (χ3n) is 4.71. The number of H-pyrrole nitrogens is 1. The molecule has 1 aromatic heterocycles. The van der Waals surface area contributed by atoms with E-state index in [2.05, 4.69) is 11.1 Å². The minimum Gasteiger partial charge on any atom is -0.338 e. The maximum Gasteiger partial charge on any atom is 0.237 e. The lowest BCUT2D eigenvalue weighted by atomic mass is 9.86. The first-order valence-corrected chi connectivity index (χ1v) is 7.94. The Morgan fingerprint density at radius 3 is 2.61 bits per heavy atom. The zero-order valence-electron chi connectivity index (χ0n) is 13.6. The topological polar surface area (TPSA) is 49.0 Å². The molecule has 0 atom stereocenters. The molecule has 2 heterocycles. The Morgan fingerprint density at radius 1 is 1.17 bits per heavy atom. The van der Waals surface area contributed by atoms with Crippen LogP contribution in [0.2, 0.25) is 0 Å². The first kappa shape index (κ1) is 14.0. The van der Waals surface area contributed by atoms with Crippen LogP contribution in [0.25, 0.3) is 22.4 Å². The second kappa shape index (κ2) is 4.69. The Morgan fingerprint density at radius 2 is 1.91 bits per heavy atom. The van der Waals surface area contributed by atoms with Gasteiger partial charge in [0, 0.05) is 12.1 Å². The highest BCUT2D eigenvalue weighted by Gasteiger charge is 2.43. The van der Waals surface area contributed by atoms with Crippen LogP contribution in [0.4, 0.5) is 5.69 Å².